The van der Waals surface area contributed by atoms with Crippen LogP contribution >= 0.6 is 11.3 Å². The summed E-state index contributed by atoms with van der Waals surface area (Å²) < 4.78 is 5.71. The standard InChI is InChI=1S/C27H28N2O5S/c1-3-13-29-22(19-11-7-12-20(16-19)34-15-8-14-30)21(24(32)27(29)33)23(31)25-17(2)28-26(35-25)18-9-5-4-6-10-18/h4-7,9-12,16,22,30,32H,3,8,13-15H2,1-2H3. The van der Waals surface area contributed by atoms with Crippen molar-refractivity contribution in [3.05, 3.63) is 82.1 Å². The molecule has 1 atom stereocenters. The van der Waals surface area contributed by atoms with Gasteiger partial charge in [0.2, 0.25) is 5.78 Å². The first-order chi connectivity index (χ1) is 17.0. The molecule has 4 rings (SSSR count). The summed E-state index contributed by atoms with van der Waals surface area (Å²) in [7, 11) is 0. The second-order valence-corrected chi connectivity index (χ2v) is 9.29. The number of ether oxygens (including phenoxy) is 1. The number of aromatic nitrogens is 1. The van der Waals surface area contributed by atoms with Crippen LogP contribution in [0.4, 0.5) is 0 Å². The molecule has 1 unspecified atom stereocenters. The normalized spacial score (nSPS) is 15.7. The van der Waals surface area contributed by atoms with Gasteiger partial charge < -0.3 is 19.8 Å². The van der Waals surface area contributed by atoms with E-state index in [1.54, 1.807) is 25.1 Å². The summed E-state index contributed by atoms with van der Waals surface area (Å²) >= 11 is 1.26. The summed E-state index contributed by atoms with van der Waals surface area (Å²) in [6, 6.07) is 16.0. The van der Waals surface area contributed by atoms with Crippen molar-refractivity contribution in [2.75, 3.05) is 19.8 Å². The maximum Gasteiger partial charge on any atom is 0.290 e. The second-order valence-electron chi connectivity index (χ2n) is 8.29. The Morgan fingerprint density at radius 1 is 1.17 bits per heavy atom. The van der Waals surface area contributed by atoms with Crippen LogP contribution in [0.5, 0.6) is 5.75 Å². The van der Waals surface area contributed by atoms with E-state index in [-0.39, 0.29) is 12.2 Å². The molecule has 0 saturated heterocycles. The predicted molar refractivity (Wildman–Crippen MR) is 135 cm³/mol. The number of aryl methyl sites for hydroxylation is 1. The van der Waals surface area contributed by atoms with E-state index in [1.807, 2.05) is 43.3 Å². The van der Waals surface area contributed by atoms with Crippen molar-refractivity contribution in [2.24, 2.45) is 0 Å². The van der Waals surface area contributed by atoms with Crippen molar-refractivity contribution in [3.8, 4) is 16.3 Å². The minimum atomic E-state index is -0.738. The lowest BCUT2D eigenvalue weighted by atomic mass is 9.95. The Morgan fingerprint density at radius 3 is 2.66 bits per heavy atom. The predicted octanol–water partition coefficient (Wildman–Crippen LogP) is 4.87. The molecule has 0 saturated carbocycles. The molecule has 2 N–H and O–H groups in total. The summed E-state index contributed by atoms with van der Waals surface area (Å²) in [5, 5.41) is 20.6. The number of thiazole rings is 1. The minimum absolute atomic E-state index is 0.0233. The Morgan fingerprint density at radius 2 is 1.94 bits per heavy atom. The average molecular weight is 493 g/mol. The molecule has 3 aromatic rings. The molecule has 7 nitrogen and oxygen atoms in total. The Labute approximate surface area is 208 Å². The molecule has 0 fully saturated rings. The van der Waals surface area contributed by atoms with Crippen LogP contribution in [-0.2, 0) is 4.79 Å². The van der Waals surface area contributed by atoms with Crippen molar-refractivity contribution in [2.45, 2.75) is 32.7 Å². The minimum Gasteiger partial charge on any atom is -0.503 e. The Balaban J connectivity index is 1.74. The van der Waals surface area contributed by atoms with Crippen molar-refractivity contribution in [1.82, 2.24) is 9.88 Å². The molecule has 2 heterocycles. The van der Waals surface area contributed by atoms with Gasteiger partial charge in [0, 0.05) is 25.1 Å². The molecule has 1 aliphatic rings. The Hall–Kier alpha value is -3.49. The molecule has 0 radical (unpaired) electrons. The summed E-state index contributed by atoms with van der Waals surface area (Å²) in [6.07, 6.45) is 1.16. The Kier molecular flexibility index (Phi) is 7.63. The first-order valence-corrected chi connectivity index (χ1v) is 12.4. The number of benzene rings is 2. The zero-order valence-corrected chi connectivity index (χ0v) is 20.5. The van der Waals surface area contributed by atoms with Crippen LogP contribution < -0.4 is 4.74 Å². The van der Waals surface area contributed by atoms with E-state index in [1.165, 1.54) is 16.2 Å². The largest absolute Gasteiger partial charge is 0.503 e. The van der Waals surface area contributed by atoms with Crippen LogP contribution in [0.3, 0.4) is 0 Å². The van der Waals surface area contributed by atoms with Gasteiger partial charge in [-0.3, -0.25) is 9.59 Å². The van der Waals surface area contributed by atoms with Crippen LogP contribution in [0, 0.1) is 6.92 Å². The number of Topliss-reactive ketones (excluding diaryl/α,β-unsaturated/α-hetero) is 1. The van der Waals surface area contributed by atoms with E-state index >= 15 is 0 Å². The van der Waals surface area contributed by atoms with Gasteiger partial charge in [-0.1, -0.05) is 49.4 Å². The molecule has 35 heavy (non-hydrogen) atoms. The molecule has 0 spiro atoms. The third-order valence-electron chi connectivity index (χ3n) is 5.78. The highest BCUT2D eigenvalue weighted by Gasteiger charge is 2.44. The molecule has 1 aromatic heterocycles. The molecule has 2 aromatic carbocycles. The SMILES string of the molecule is CCCN1C(=O)C(O)=C(C(=O)c2sc(-c3ccccc3)nc2C)C1c1cccc(OCCCO)c1. The van der Waals surface area contributed by atoms with Gasteiger partial charge in [-0.2, -0.15) is 0 Å². The average Bonchev–Trinajstić information content (AvgIpc) is 3.38. The van der Waals surface area contributed by atoms with Crippen LogP contribution in [-0.4, -0.2) is 51.5 Å². The zero-order chi connectivity index (χ0) is 24.9. The van der Waals surface area contributed by atoms with Crippen LogP contribution in [0.25, 0.3) is 10.6 Å². The number of nitrogens with zero attached hydrogens (tertiary/aromatic N) is 2. The fourth-order valence-electron chi connectivity index (χ4n) is 4.17. The quantitative estimate of drug-likeness (QED) is 0.309. The number of ketones is 1. The lowest BCUT2D eigenvalue weighted by Gasteiger charge is -2.26. The molecular formula is C27H28N2O5S. The topological polar surface area (TPSA) is 100.0 Å². The fraction of sp³-hybridized carbons (Fsp3) is 0.296. The molecule has 1 aliphatic heterocycles. The summed E-state index contributed by atoms with van der Waals surface area (Å²) in [4.78, 5) is 33.4. The van der Waals surface area contributed by atoms with E-state index in [0.29, 0.717) is 52.9 Å². The fourth-order valence-corrected chi connectivity index (χ4v) is 5.19. The number of hydrogen-bond acceptors (Lipinski definition) is 7. The van der Waals surface area contributed by atoms with E-state index in [0.717, 1.165) is 5.56 Å². The number of aliphatic hydroxyl groups excluding tert-OH is 2. The number of carbonyl (C=O) groups is 2. The molecule has 0 bridgehead atoms. The maximum atomic E-state index is 13.8. The van der Waals surface area contributed by atoms with Gasteiger partial charge >= 0.3 is 0 Å². The van der Waals surface area contributed by atoms with Gasteiger partial charge in [0.05, 0.1) is 28.8 Å². The van der Waals surface area contributed by atoms with Gasteiger partial charge in [-0.05, 0) is 31.0 Å². The Bertz CT molecular complexity index is 1250. The lowest BCUT2D eigenvalue weighted by Crippen LogP contribution is -2.31. The number of carbonyl (C=O) groups excluding carboxylic acids is 2. The smallest absolute Gasteiger partial charge is 0.290 e. The van der Waals surface area contributed by atoms with Crippen molar-refractivity contribution in [3.63, 3.8) is 0 Å². The van der Waals surface area contributed by atoms with Crippen molar-refractivity contribution < 1.29 is 24.5 Å². The number of aliphatic hydroxyl groups is 2. The highest BCUT2D eigenvalue weighted by molar-refractivity contribution is 7.17. The number of hydrogen-bond donors (Lipinski definition) is 2. The van der Waals surface area contributed by atoms with Gasteiger partial charge in [-0.15, -0.1) is 11.3 Å². The van der Waals surface area contributed by atoms with Crippen molar-refractivity contribution >= 4 is 23.0 Å². The molecule has 1 amide bonds. The molecular weight excluding hydrogens is 464 g/mol. The number of rotatable bonds is 10. The second kappa shape index (κ2) is 10.8. The van der Waals surface area contributed by atoms with Crippen LogP contribution in [0.2, 0.25) is 0 Å². The molecule has 0 aliphatic carbocycles. The third-order valence-corrected chi connectivity index (χ3v) is 6.99. The summed E-state index contributed by atoms with van der Waals surface area (Å²) in [5.41, 5.74) is 2.19. The highest BCUT2D eigenvalue weighted by Crippen LogP contribution is 2.41. The summed E-state index contributed by atoms with van der Waals surface area (Å²) in [6.45, 7) is 4.46. The molecule has 182 valence electrons. The highest BCUT2D eigenvalue weighted by atomic mass is 32.1. The molecule has 8 heteroatoms. The van der Waals surface area contributed by atoms with Gasteiger partial charge in [0.25, 0.3) is 5.91 Å². The van der Waals surface area contributed by atoms with Gasteiger partial charge in [-0.25, -0.2) is 4.98 Å². The van der Waals surface area contributed by atoms with Crippen LogP contribution in [0.1, 0.15) is 46.7 Å². The first-order valence-electron chi connectivity index (χ1n) is 11.6. The van der Waals surface area contributed by atoms with Crippen molar-refractivity contribution in [1.29, 1.82) is 0 Å². The van der Waals surface area contributed by atoms with E-state index in [4.69, 9.17) is 9.84 Å². The van der Waals surface area contributed by atoms with Gasteiger partial charge in [0.1, 0.15) is 10.8 Å². The lowest BCUT2D eigenvalue weighted by molar-refractivity contribution is -0.129. The summed E-state index contributed by atoms with van der Waals surface area (Å²) in [5.74, 6) is -0.909. The van der Waals surface area contributed by atoms with Crippen LogP contribution in [0.15, 0.2) is 65.9 Å². The van der Waals surface area contributed by atoms with E-state index in [9.17, 15) is 14.7 Å². The first kappa shape index (κ1) is 24.6. The number of amides is 1. The third kappa shape index (κ3) is 4.99. The monoisotopic (exact) mass is 492 g/mol. The zero-order valence-electron chi connectivity index (χ0n) is 19.7. The van der Waals surface area contributed by atoms with E-state index in [2.05, 4.69) is 4.98 Å². The van der Waals surface area contributed by atoms with Gasteiger partial charge in [0.15, 0.2) is 5.76 Å². The van der Waals surface area contributed by atoms with E-state index < -0.39 is 23.5 Å². The maximum absolute atomic E-state index is 13.8.